The molecule has 7 nitrogen and oxygen atoms in total. The summed E-state index contributed by atoms with van der Waals surface area (Å²) in [5.74, 6) is -1.10. The van der Waals surface area contributed by atoms with Crippen LogP contribution in [0.2, 0.25) is 5.02 Å². The second-order valence-corrected chi connectivity index (χ2v) is 7.66. The zero-order chi connectivity index (χ0) is 16.6. The fourth-order valence-corrected chi connectivity index (χ4v) is 4.31. The van der Waals surface area contributed by atoms with Gasteiger partial charge in [0.2, 0.25) is 5.75 Å². The number of rotatable bonds is 4. The highest BCUT2D eigenvalue weighted by Crippen LogP contribution is 2.33. The van der Waals surface area contributed by atoms with Crippen LogP contribution in [0.4, 0.5) is 5.82 Å². The lowest BCUT2D eigenvalue weighted by Gasteiger charge is -2.04. The molecule has 0 saturated carbocycles. The van der Waals surface area contributed by atoms with Gasteiger partial charge in [-0.2, -0.15) is 8.42 Å². The summed E-state index contributed by atoms with van der Waals surface area (Å²) in [4.78, 5) is 13.6. The number of hydrogen-bond acceptors (Lipinski definition) is 7. The summed E-state index contributed by atoms with van der Waals surface area (Å²) >= 11 is 6.85. The van der Waals surface area contributed by atoms with Gasteiger partial charge in [-0.05, 0) is 51.7 Å². The Balaban J connectivity index is 2.03. The molecule has 0 N–H and O–H groups in total. The van der Waals surface area contributed by atoms with Gasteiger partial charge in [0.05, 0.1) is 0 Å². The first-order valence-electron chi connectivity index (χ1n) is 6.10. The molecule has 0 aliphatic rings. The Morgan fingerprint density at radius 3 is 2.78 bits per heavy atom. The number of halogens is 1. The van der Waals surface area contributed by atoms with Crippen LogP contribution in [0, 0.1) is 10.1 Å². The predicted octanol–water partition coefficient (Wildman–Crippen LogP) is 3.63. The third-order valence-corrected chi connectivity index (χ3v) is 5.84. The molecule has 0 aliphatic carbocycles. The van der Waals surface area contributed by atoms with E-state index in [0.29, 0.717) is 15.1 Å². The Labute approximate surface area is 139 Å². The highest BCUT2D eigenvalue weighted by molar-refractivity contribution is 7.89. The van der Waals surface area contributed by atoms with Crippen LogP contribution >= 0.6 is 22.9 Å². The van der Waals surface area contributed by atoms with E-state index < -0.39 is 26.6 Å². The molecule has 0 atom stereocenters. The molecule has 0 spiro atoms. The molecule has 23 heavy (non-hydrogen) atoms. The maximum atomic E-state index is 12.3. The molecule has 0 bridgehead atoms. The minimum atomic E-state index is -4.21. The van der Waals surface area contributed by atoms with Crippen molar-refractivity contribution in [3.05, 3.63) is 57.7 Å². The normalized spacial score (nSPS) is 11.5. The standard InChI is InChI=1S/C13H7ClN2O5S2/c14-9-3-4-11-8(6-9)7-12(22-11)23(19,20)21-10-2-1-5-15-13(10)16(17)18/h1-7H. The van der Waals surface area contributed by atoms with Crippen LogP contribution in [0.15, 0.2) is 46.8 Å². The average molecular weight is 371 g/mol. The summed E-state index contributed by atoms with van der Waals surface area (Å²) in [6.45, 7) is 0. The summed E-state index contributed by atoms with van der Waals surface area (Å²) < 4.78 is 30.2. The summed E-state index contributed by atoms with van der Waals surface area (Å²) in [6, 6.07) is 8.88. The Hall–Kier alpha value is -2.23. The highest BCUT2D eigenvalue weighted by Gasteiger charge is 2.25. The van der Waals surface area contributed by atoms with E-state index in [1.165, 1.54) is 24.4 Å². The van der Waals surface area contributed by atoms with Gasteiger partial charge in [0.15, 0.2) is 4.21 Å². The molecule has 2 aromatic heterocycles. The van der Waals surface area contributed by atoms with Gasteiger partial charge in [-0.1, -0.05) is 11.6 Å². The maximum absolute atomic E-state index is 12.3. The van der Waals surface area contributed by atoms with E-state index >= 15 is 0 Å². The molecule has 2 heterocycles. The van der Waals surface area contributed by atoms with Crippen LogP contribution in [-0.4, -0.2) is 18.3 Å². The zero-order valence-corrected chi connectivity index (χ0v) is 13.6. The Morgan fingerprint density at radius 1 is 1.26 bits per heavy atom. The largest absolute Gasteiger partial charge is 0.407 e. The number of benzene rings is 1. The van der Waals surface area contributed by atoms with E-state index in [4.69, 9.17) is 15.8 Å². The minimum Gasteiger partial charge on any atom is -0.369 e. The molecule has 0 aliphatic heterocycles. The summed E-state index contributed by atoms with van der Waals surface area (Å²) in [5, 5.41) is 12.0. The zero-order valence-electron chi connectivity index (χ0n) is 11.2. The molecule has 3 aromatic rings. The summed E-state index contributed by atoms with van der Waals surface area (Å²) in [7, 11) is -4.21. The van der Waals surface area contributed by atoms with Gasteiger partial charge in [-0.3, -0.25) is 0 Å². The van der Waals surface area contributed by atoms with Crippen molar-refractivity contribution >= 4 is 49.0 Å². The SMILES string of the molecule is O=[N+]([O-])c1ncccc1OS(=O)(=O)c1cc2cc(Cl)ccc2s1. The second-order valence-electron chi connectivity index (χ2n) is 4.37. The van der Waals surface area contributed by atoms with E-state index in [0.717, 1.165) is 11.3 Å². The first-order valence-corrected chi connectivity index (χ1v) is 8.70. The molecular formula is C13H7ClN2O5S2. The fraction of sp³-hybridized carbons (Fsp3) is 0. The topological polar surface area (TPSA) is 99.4 Å². The van der Waals surface area contributed by atoms with E-state index in [2.05, 4.69) is 4.98 Å². The number of pyridine rings is 1. The van der Waals surface area contributed by atoms with Gasteiger partial charge in [0.25, 0.3) is 0 Å². The van der Waals surface area contributed by atoms with Crippen molar-refractivity contribution in [2.75, 3.05) is 0 Å². The van der Waals surface area contributed by atoms with E-state index in [1.54, 1.807) is 18.2 Å². The van der Waals surface area contributed by atoms with Crippen LogP contribution in [0.25, 0.3) is 10.1 Å². The lowest BCUT2D eigenvalue weighted by atomic mass is 10.3. The monoisotopic (exact) mass is 370 g/mol. The summed E-state index contributed by atoms with van der Waals surface area (Å²) in [5.41, 5.74) is 0. The van der Waals surface area contributed by atoms with Crippen molar-refractivity contribution in [3.63, 3.8) is 0 Å². The first kappa shape index (κ1) is 15.7. The molecule has 0 unspecified atom stereocenters. The van der Waals surface area contributed by atoms with E-state index in [9.17, 15) is 18.5 Å². The van der Waals surface area contributed by atoms with Gasteiger partial charge < -0.3 is 14.3 Å². The quantitative estimate of drug-likeness (QED) is 0.395. The average Bonchev–Trinajstić information content (AvgIpc) is 2.91. The van der Waals surface area contributed by atoms with Crippen LogP contribution in [0.3, 0.4) is 0 Å². The Kier molecular flexibility index (Phi) is 3.92. The van der Waals surface area contributed by atoms with Gasteiger partial charge in [0, 0.05) is 9.72 Å². The number of hydrogen-bond donors (Lipinski definition) is 0. The van der Waals surface area contributed by atoms with Gasteiger partial charge >= 0.3 is 15.9 Å². The third-order valence-electron chi connectivity index (χ3n) is 2.83. The molecule has 1 aromatic carbocycles. The van der Waals surface area contributed by atoms with E-state index in [-0.39, 0.29) is 4.21 Å². The van der Waals surface area contributed by atoms with Crippen molar-refractivity contribution in [2.45, 2.75) is 4.21 Å². The number of thiophene rings is 1. The summed E-state index contributed by atoms with van der Waals surface area (Å²) in [6.07, 6.45) is 1.18. The number of aromatic nitrogens is 1. The van der Waals surface area contributed by atoms with Crippen LogP contribution < -0.4 is 4.18 Å². The lowest BCUT2D eigenvalue weighted by Crippen LogP contribution is -2.09. The van der Waals surface area contributed by atoms with Crippen molar-refractivity contribution < 1.29 is 17.5 Å². The van der Waals surface area contributed by atoms with Crippen molar-refractivity contribution in [1.29, 1.82) is 0 Å². The van der Waals surface area contributed by atoms with E-state index in [1.807, 2.05) is 0 Å². The molecule has 0 saturated heterocycles. The molecule has 3 rings (SSSR count). The molecule has 0 fully saturated rings. The maximum Gasteiger partial charge on any atom is 0.407 e. The fourth-order valence-electron chi connectivity index (χ4n) is 1.86. The van der Waals surface area contributed by atoms with Gasteiger partial charge in [-0.15, -0.1) is 11.3 Å². The highest BCUT2D eigenvalue weighted by atomic mass is 35.5. The lowest BCUT2D eigenvalue weighted by molar-refractivity contribution is -0.390. The molecular weight excluding hydrogens is 364 g/mol. The second kappa shape index (κ2) is 5.76. The molecule has 118 valence electrons. The smallest absolute Gasteiger partial charge is 0.369 e. The van der Waals surface area contributed by atoms with Crippen LogP contribution in [0.5, 0.6) is 5.75 Å². The molecule has 0 amide bonds. The third kappa shape index (κ3) is 3.11. The Bertz CT molecular complexity index is 1020. The predicted molar refractivity (Wildman–Crippen MR) is 85.5 cm³/mol. The number of fused-ring (bicyclic) bond motifs is 1. The number of nitro groups is 1. The van der Waals surface area contributed by atoms with Gasteiger partial charge in [0.1, 0.15) is 6.20 Å². The van der Waals surface area contributed by atoms with Crippen LogP contribution in [0.1, 0.15) is 0 Å². The Morgan fingerprint density at radius 2 is 2.04 bits per heavy atom. The van der Waals surface area contributed by atoms with Crippen molar-refractivity contribution in [3.8, 4) is 5.75 Å². The van der Waals surface area contributed by atoms with Crippen molar-refractivity contribution in [2.24, 2.45) is 0 Å². The van der Waals surface area contributed by atoms with Gasteiger partial charge in [-0.25, -0.2) is 0 Å². The first-order chi connectivity index (χ1) is 10.9. The molecule has 10 heteroatoms. The minimum absolute atomic E-state index is 0.0760. The number of nitrogens with zero attached hydrogens (tertiary/aromatic N) is 2. The van der Waals surface area contributed by atoms with Crippen LogP contribution in [-0.2, 0) is 10.1 Å². The molecule has 0 radical (unpaired) electrons. The van der Waals surface area contributed by atoms with Crippen molar-refractivity contribution in [1.82, 2.24) is 4.98 Å².